The summed E-state index contributed by atoms with van der Waals surface area (Å²) in [6.45, 7) is 10.6. The smallest absolute Gasteiger partial charge is 0.122 e. The summed E-state index contributed by atoms with van der Waals surface area (Å²) in [5.74, 6) is 1.95. The lowest BCUT2D eigenvalue weighted by atomic mass is 9.76. The lowest BCUT2D eigenvalue weighted by Gasteiger charge is -2.28. The minimum atomic E-state index is -0.142. The molecule has 3 aliphatic rings. The molecule has 5 rings (SSSR count). The van der Waals surface area contributed by atoms with Crippen LogP contribution in [-0.4, -0.2) is 51.3 Å². The van der Waals surface area contributed by atoms with Crippen LogP contribution in [0.1, 0.15) is 55.9 Å². The number of unbranched alkanes of at least 4 members (excludes halogenated alkanes) is 1. The second kappa shape index (κ2) is 9.65. The SMILES string of the molecule is CCCCc1cc(C(C)(C)c2ccc(OCC3CO3)c(CC3CO3)c2)ccc1OCC1CO1. The van der Waals surface area contributed by atoms with E-state index < -0.39 is 0 Å². The molecule has 3 atom stereocenters. The number of ether oxygens (including phenoxy) is 5. The maximum Gasteiger partial charge on any atom is 0.122 e. The molecule has 3 saturated heterocycles. The molecule has 0 aromatic heterocycles. The average molecular weight is 453 g/mol. The van der Waals surface area contributed by atoms with Gasteiger partial charge in [0, 0.05) is 11.8 Å². The Morgan fingerprint density at radius 1 is 0.788 bits per heavy atom. The molecule has 3 unspecified atom stereocenters. The quantitative estimate of drug-likeness (QED) is 0.407. The van der Waals surface area contributed by atoms with Crippen molar-refractivity contribution in [2.24, 2.45) is 0 Å². The van der Waals surface area contributed by atoms with E-state index in [-0.39, 0.29) is 17.6 Å². The Bertz CT molecular complexity index is 957. The van der Waals surface area contributed by atoms with Gasteiger partial charge in [-0.05, 0) is 47.2 Å². The van der Waals surface area contributed by atoms with Crippen LogP contribution in [0.2, 0.25) is 0 Å². The Kier molecular flexibility index (Phi) is 6.64. The van der Waals surface area contributed by atoms with Crippen LogP contribution < -0.4 is 9.47 Å². The maximum absolute atomic E-state index is 6.10. The molecule has 3 aliphatic heterocycles. The van der Waals surface area contributed by atoms with Gasteiger partial charge in [-0.15, -0.1) is 0 Å². The van der Waals surface area contributed by atoms with Crippen LogP contribution in [0.3, 0.4) is 0 Å². The standard InChI is InChI=1S/C28H36O5/c1-4-5-6-19-11-21(7-9-26(19)32-17-24-15-30-24)28(2,3)22-8-10-27(33-18-25-16-31-25)20(12-22)13-23-14-29-23/h7-12,23-25H,4-6,13-18H2,1-3H3. The van der Waals surface area contributed by atoms with Crippen molar-refractivity contribution in [2.75, 3.05) is 33.0 Å². The summed E-state index contributed by atoms with van der Waals surface area (Å²) < 4.78 is 28.3. The van der Waals surface area contributed by atoms with Gasteiger partial charge in [0.05, 0.1) is 25.9 Å². The molecule has 0 aliphatic carbocycles. The van der Waals surface area contributed by atoms with E-state index in [1.54, 1.807) is 0 Å². The summed E-state index contributed by atoms with van der Waals surface area (Å²) in [5.41, 5.74) is 4.96. The molecule has 33 heavy (non-hydrogen) atoms. The molecule has 2 aromatic rings. The van der Waals surface area contributed by atoms with Crippen LogP contribution in [0, 0.1) is 0 Å². The zero-order chi connectivity index (χ0) is 22.8. The number of benzene rings is 2. The molecule has 178 valence electrons. The van der Waals surface area contributed by atoms with Crippen LogP contribution >= 0.6 is 0 Å². The molecule has 5 nitrogen and oxygen atoms in total. The topological polar surface area (TPSA) is 56.0 Å². The van der Waals surface area contributed by atoms with Crippen LogP contribution in [-0.2, 0) is 32.5 Å². The minimum Gasteiger partial charge on any atom is -0.491 e. The highest BCUT2D eigenvalue weighted by Crippen LogP contribution is 2.37. The first-order valence-corrected chi connectivity index (χ1v) is 12.4. The van der Waals surface area contributed by atoms with Gasteiger partial charge in [-0.2, -0.15) is 0 Å². The predicted molar refractivity (Wildman–Crippen MR) is 128 cm³/mol. The highest BCUT2D eigenvalue weighted by molar-refractivity contribution is 5.48. The van der Waals surface area contributed by atoms with E-state index >= 15 is 0 Å². The van der Waals surface area contributed by atoms with E-state index in [4.69, 9.17) is 23.7 Å². The summed E-state index contributed by atoms with van der Waals surface area (Å²) >= 11 is 0. The van der Waals surface area contributed by atoms with Gasteiger partial charge in [-0.1, -0.05) is 51.5 Å². The number of hydrogen-bond donors (Lipinski definition) is 0. The molecular formula is C28H36O5. The van der Waals surface area contributed by atoms with Crippen molar-refractivity contribution in [3.05, 3.63) is 58.7 Å². The third kappa shape index (κ3) is 5.89. The third-order valence-electron chi connectivity index (χ3n) is 6.87. The highest BCUT2D eigenvalue weighted by atomic mass is 16.6. The molecule has 3 heterocycles. The van der Waals surface area contributed by atoms with Gasteiger partial charge in [-0.25, -0.2) is 0 Å². The number of rotatable bonds is 13. The van der Waals surface area contributed by atoms with Crippen LogP contribution in [0.15, 0.2) is 36.4 Å². The Morgan fingerprint density at radius 3 is 1.82 bits per heavy atom. The Morgan fingerprint density at radius 2 is 1.30 bits per heavy atom. The molecule has 0 N–H and O–H groups in total. The van der Waals surface area contributed by atoms with Gasteiger partial charge in [-0.3, -0.25) is 0 Å². The van der Waals surface area contributed by atoms with Gasteiger partial charge < -0.3 is 23.7 Å². The third-order valence-corrected chi connectivity index (χ3v) is 6.87. The highest BCUT2D eigenvalue weighted by Gasteiger charge is 2.30. The molecule has 0 radical (unpaired) electrons. The first-order valence-electron chi connectivity index (χ1n) is 12.4. The molecule has 3 fully saturated rings. The van der Waals surface area contributed by atoms with Gasteiger partial charge >= 0.3 is 0 Å². The molecule has 0 bridgehead atoms. The largest absolute Gasteiger partial charge is 0.491 e. The van der Waals surface area contributed by atoms with Gasteiger partial charge in [0.15, 0.2) is 0 Å². The lowest BCUT2D eigenvalue weighted by molar-refractivity contribution is 0.260. The second-order valence-electron chi connectivity index (χ2n) is 10.1. The van der Waals surface area contributed by atoms with Crippen LogP contribution in [0.4, 0.5) is 0 Å². The van der Waals surface area contributed by atoms with Gasteiger partial charge in [0.25, 0.3) is 0 Å². The predicted octanol–water partition coefficient (Wildman–Crippen LogP) is 4.85. The van der Waals surface area contributed by atoms with Crippen LogP contribution in [0.5, 0.6) is 11.5 Å². The average Bonchev–Trinajstić information content (AvgIpc) is 3.67. The summed E-state index contributed by atoms with van der Waals surface area (Å²) in [5, 5.41) is 0. The molecule has 5 heteroatoms. The molecule has 0 spiro atoms. The summed E-state index contributed by atoms with van der Waals surface area (Å²) in [6.07, 6.45) is 5.07. The fraction of sp³-hybridized carbons (Fsp3) is 0.571. The van der Waals surface area contributed by atoms with Crippen molar-refractivity contribution >= 4 is 0 Å². The first kappa shape index (κ1) is 22.7. The summed E-state index contributed by atoms with van der Waals surface area (Å²) in [4.78, 5) is 0. The number of aryl methyl sites for hydroxylation is 1. The first-order chi connectivity index (χ1) is 16.0. The van der Waals surface area contributed by atoms with Gasteiger partial charge in [0.1, 0.15) is 36.9 Å². The van der Waals surface area contributed by atoms with Crippen molar-refractivity contribution in [1.29, 1.82) is 0 Å². The van der Waals surface area contributed by atoms with E-state index in [1.807, 2.05) is 0 Å². The van der Waals surface area contributed by atoms with Crippen molar-refractivity contribution in [2.45, 2.75) is 70.2 Å². The Labute approximate surface area is 197 Å². The van der Waals surface area contributed by atoms with Gasteiger partial charge in [0.2, 0.25) is 0 Å². The number of hydrogen-bond acceptors (Lipinski definition) is 5. The van der Waals surface area contributed by atoms with Crippen LogP contribution in [0.25, 0.3) is 0 Å². The Balaban J connectivity index is 1.39. The number of epoxide rings is 3. The minimum absolute atomic E-state index is 0.142. The normalized spacial score (nSPS) is 23.3. The maximum atomic E-state index is 6.10. The van der Waals surface area contributed by atoms with Crippen molar-refractivity contribution in [1.82, 2.24) is 0 Å². The van der Waals surface area contributed by atoms with Crippen molar-refractivity contribution in [3.63, 3.8) is 0 Å². The van der Waals surface area contributed by atoms with Crippen molar-refractivity contribution < 1.29 is 23.7 Å². The lowest BCUT2D eigenvalue weighted by Crippen LogP contribution is -2.20. The summed E-state index contributed by atoms with van der Waals surface area (Å²) in [7, 11) is 0. The zero-order valence-corrected chi connectivity index (χ0v) is 20.1. The van der Waals surface area contributed by atoms with E-state index in [0.717, 1.165) is 50.6 Å². The van der Waals surface area contributed by atoms with Crippen molar-refractivity contribution in [3.8, 4) is 11.5 Å². The molecule has 2 aromatic carbocycles. The molecule has 0 amide bonds. The van der Waals surface area contributed by atoms with E-state index in [0.29, 0.717) is 19.3 Å². The van der Waals surface area contributed by atoms with E-state index in [1.165, 1.54) is 28.7 Å². The fourth-order valence-electron chi connectivity index (χ4n) is 4.23. The molecular weight excluding hydrogens is 416 g/mol. The molecule has 0 saturated carbocycles. The van der Waals surface area contributed by atoms with E-state index in [2.05, 4.69) is 57.2 Å². The monoisotopic (exact) mass is 452 g/mol. The zero-order valence-electron chi connectivity index (χ0n) is 20.1. The Hall–Kier alpha value is -2.08. The summed E-state index contributed by atoms with van der Waals surface area (Å²) in [6, 6.07) is 13.4. The van der Waals surface area contributed by atoms with E-state index in [9.17, 15) is 0 Å². The fourth-order valence-corrected chi connectivity index (χ4v) is 4.23. The second-order valence-corrected chi connectivity index (χ2v) is 10.1.